The van der Waals surface area contributed by atoms with Crippen LogP contribution in [0.3, 0.4) is 0 Å². The molecule has 0 radical (unpaired) electrons. The van der Waals surface area contributed by atoms with Crippen LogP contribution in [0.1, 0.15) is 0 Å². The van der Waals surface area contributed by atoms with Gasteiger partial charge in [0.15, 0.2) is 0 Å². The predicted octanol–water partition coefficient (Wildman–Crippen LogP) is 2.00. The van der Waals surface area contributed by atoms with Gasteiger partial charge in [0.05, 0.1) is 0 Å². The number of anilines is 1. The molecule has 0 spiro atoms. The molecule has 1 heterocycles. The van der Waals surface area contributed by atoms with Gasteiger partial charge in [-0.05, 0) is 12.1 Å². The molecule has 2 rings (SSSR count). The van der Waals surface area contributed by atoms with E-state index in [0.29, 0.717) is 0 Å². The molecule has 2 aromatic rings. The summed E-state index contributed by atoms with van der Waals surface area (Å²) in [7, 11) is 0. The van der Waals surface area contributed by atoms with Crippen molar-refractivity contribution in [3.8, 4) is 11.3 Å². The van der Waals surface area contributed by atoms with Gasteiger partial charge in [-0.3, -0.25) is 4.98 Å². The van der Waals surface area contributed by atoms with Crippen LogP contribution in [0.5, 0.6) is 0 Å². The first-order valence-corrected chi connectivity index (χ1v) is 4.20. The number of benzene rings is 1. The molecule has 76 valence electrons. The van der Waals surface area contributed by atoms with E-state index in [1.165, 1.54) is 12.4 Å². The molecule has 2 N–H and O–H groups in total. The minimum absolute atomic E-state index is 0.141. The average molecular weight is 207 g/mol. The molecule has 1 aromatic carbocycles. The highest BCUT2D eigenvalue weighted by Crippen LogP contribution is 2.22. The lowest BCUT2D eigenvalue weighted by atomic mass is 10.1. The van der Waals surface area contributed by atoms with Crippen molar-refractivity contribution < 1.29 is 8.78 Å². The predicted molar refractivity (Wildman–Crippen MR) is 51.8 cm³/mol. The highest BCUT2D eigenvalue weighted by Gasteiger charge is 2.07. The van der Waals surface area contributed by atoms with Gasteiger partial charge in [-0.15, -0.1) is 0 Å². The lowest BCUT2D eigenvalue weighted by Crippen LogP contribution is -1.96. The maximum absolute atomic E-state index is 12.9. The van der Waals surface area contributed by atoms with E-state index in [4.69, 9.17) is 5.73 Å². The zero-order chi connectivity index (χ0) is 10.8. The summed E-state index contributed by atoms with van der Waals surface area (Å²) in [5.74, 6) is -1.20. The van der Waals surface area contributed by atoms with E-state index in [2.05, 4.69) is 9.97 Å². The highest BCUT2D eigenvalue weighted by atomic mass is 19.1. The summed E-state index contributed by atoms with van der Waals surface area (Å²) in [6.07, 6.45) is 2.82. The first-order chi connectivity index (χ1) is 7.16. The van der Waals surface area contributed by atoms with Crippen LogP contribution in [0.2, 0.25) is 0 Å². The monoisotopic (exact) mass is 207 g/mol. The molecule has 0 saturated carbocycles. The third-order valence-corrected chi connectivity index (χ3v) is 1.86. The Balaban J connectivity index is 2.59. The van der Waals surface area contributed by atoms with E-state index in [1.54, 1.807) is 0 Å². The van der Waals surface area contributed by atoms with Crippen molar-refractivity contribution in [2.75, 3.05) is 5.73 Å². The molecule has 1 aromatic heterocycles. The topological polar surface area (TPSA) is 51.8 Å². The molecule has 0 aliphatic heterocycles. The van der Waals surface area contributed by atoms with Crippen molar-refractivity contribution >= 4 is 5.82 Å². The quantitative estimate of drug-likeness (QED) is 0.778. The van der Waals surface area contributed by atoms with Gasteiger partial charge in [0.2, 0.25) is 0 Å². The van der Waals surface area contributed by atoms with Crippen molar-refractivity contribution in [1.29, 1.82) is 0 Å². The van der Waals surface area contributed by atoms with Crippen molar-refractivity contribution in [2.45, 2.75) is 0 Å². The fourth-order valence-electron chi connectivity index (χ4n) is 1.26. The van der Waals surface area contributed by atoms with Gasteiger partial charge in [0.25, 0.3) is 0 Å². The second-order valence-corrected chi connectivity index (χ2v) is 2.95. The third kappa shape index (κ3) is 1.90. The van der Waals surface area contributed by atoms with Crippen LogP contribution < -0.4 is 5.73 Å². The van der Waals surface area contributed by atoms with E-state index in [-0.39, 0.29) is 17.1 Å². The van der Waals surface area contributed by atoms with E-state index in [1.807, 2.05) is 0 Å². The maximum atomic E-state index is 12.9. The SMILES string of the molecule is Nc1nccnc1-c1cc(F)cc(F)c1. The molecule has 0 bridgehead atoms. The minimum atomic E-state index is -0.671. The number of halogens is 2. The number of nitrogens with two attached hydrogens (primary N) is 1. The van der Waals surface area contributed by atoms with Gasteiger partial charge in [-0.2, -0.15) is 0 Å². The lowest BCUT2D eigenvalue weighted by Gasteiger charge is -2.03. The Morgan fingerprint density at radius 3 is 2.13 bits per heavy atom. The molecule has 0 unspecified atom stereocenters. The van der Waals surface area contributed by atoms with Crippen molar-refractivity contribution in [3.63, 3.8) is 0 Å². The van der Waals surface area contributed by atoms with E-state index in [0.717, 1.165) is 18.2 Å². The summed E-state index contributed by atoms with van der Waals surface area (Å²) in [5, 5.41) is 0. The Morgan fingerprint density at radius 1 is 0.933 bits per heavy atom. The number of hydrogen-bond donors (Lipinski definition) is 1. The summed E-state index contributed by atoms with van der Waals surface area (Å²) in [5.41, 5.74) is 6.08. The standard InChI is InChI=1S/C10H7F2N3/c11-7-3-6(4-8(12)5-7)9-10(13)15-2-1-14-9/h1-5H,(H2,13,15). The van der Waals surface area contributed by atoms with Gasteiger partial charge < -0.3 is 5.73 Å². The van der Waals surface area contributed by atoms with Gasteiger partial charge in [0, 0.05) is 24.0 Å². The minimum Gasteiger partial charge on any atom is -0.382 e. The zero-order valence-corrected chi connectivity index (χ0v) is 7.61. The summed E-state index contributed by atoms with van der Waals surface area (Å²) in [6.45, 7) is 0. The molecule has 15 heavy (non-hydrogen) atoms. The molecule has 0 fully saturated rings. The van der Waals surface area contributed by atoms with E-state index in [9.17, 15) is 8.78 Å². The zero-order valence-electron chi connectivity index (χ0n) is 7.61. The third-order valence-electron chi connectivity index (χ3n) is 1.86. The van der Waals surface area contributed by atoms with Gasteiger partial charge in [0.1, 0.15) is 23.1 Å². The smallest absolute Gasteiger partial charge is 0.149 e. The summed E-state index contributed by atoms with van der Waals surface area (Å²) < 4.78 is 25.8. The van der Waals surface area contributed by atoms with Crippen molar-refractivity contribution in [3.05, 3.63) is 42.2 Å². The van der Waals surface area contributed by atoms with Crippen molar-refractivity contribution in [2.24, 2.45) is 0 Å². The van der Waals surface area contributed by atoms with Gasteiger partial charge in [-0.1, -0.05) is 0 Å². The van der Waals surface area contributed by atoms with Crippen LogP contribution in [-0.4, -0.2) is 9.97 Å². The van der Waals surface area contributed by atoms with Gasteiger partial charge >= 0.3 is 0 Å². The van der Waals surface area contributed by atoms with Crippen LogP contribution in [0.15, 0.2) is 30.6 Å². The number of aromatic nitrogens is 2. The summed E-state index contributed by atoms with van der Waals surface area (Å²) in [4.78, 5) is 7.70. The van der Waals surface area contributed by atoms with Crippen LogP contribution >= 0.6 is 0 Å². The largest absolute Gasteiger partial charge is 0.382 e. The highest BCUT2D eigenvalue weighted by molar-refractivity contribution is 5.69. The molecule has 0 aliphatic carbocycles. The summed E-state index contributed by atoms with van der Waals surface area (Å²) >= 11 is 0. The Kier molecular flexibility index (Phi) is 2.29. The molecule has 0 saturated heterocycles. The molecule has 5 heteroatoms. The fraction of sp³-hybridized carbons (Fsp3) is 0. The lowest BCUT2D eigenvalue weighted by molar-refractivity contribution is 0.584. The molecule has 0 amide bonds. The Morgan fingerprint density at radius 2 is 1.53 bits per heavy atom. The maximum Gasteiger partial charge on any atom is 0.149 e. The second kappa shape index (κ2) is 3.61. The van der Waals surface area contributed by atoms with Crippen LogP contribution in [0.4, 0.5) is 14.6 Å². The first kappa shape index (κ1) is 9.51. The molecule has 0 atom stereocenters. The second-order valence-electron chi connectivity index (χ2n) is 2.95. The average Bonchev–Trinajstić information content (AvgIpc) is 2.16. The summed E-state index contributed by atoms with van der Waals surface area (Å²) in [6, 6.07) is 3.10. The fourth-order valence-corrected chi connectivity index (χ4v) is 1.26. The Labute approximate surface area is 84.6 Å². The molecule has 0 aliphatic rings. The Bertz CT molecular complexity index is 480. The first-order valence-electron chi connectivity index (χ1n) is 4.20. The van der Waals surface area contributed by atoms with Crippen LogP contribution in [0.25, 0.3) is 11.3 Å². The number of nitrogens with zero attached hydrogens (tertiary/aromatic N) is 2. The van der Waals surface area contributed by atoms with E-state index < -0.39 is 11.6 Å². The molecule has 3 nitrogen and oxygen atoms in total. The van der Waals surface area contributed by atoms with Crippen LogP contribution in [0, 0.1) is 11.6 Å². The van der Waals surface area contributed by atoms with Crippen LogP contribution in [-0.2, 0) is 0 Å². The normalized spacial score (nSPS) is 10.3. The van der Waals surface area contributed by atoms with Gasteiger partial charge in [-0.25, -0.2) is 13.8 Å². The van der Waals surface area contributed by atoms with E-state index >= 15 is 0 Å². The number of nitrogen functional groups attached to an aromatic ring is 1. The number of hydrogen-bond acceptors (Lipinski definition) is 3. The number of rotatable bonds is 1. The Hall–Kier alpha value is -2.04. The van der Waals surface area contributed by atoms with Crippen molar-refractivity contribution in [1.82, 2.24) is 9.97 Å². The molecular formula is C10H7F2N3. The molecular weight excluding hydrogens is 200 g/mol.